The van der Waals surface area contributed by atoms with E-state index in [1.165, 1.54) is 0 Å². The fourth-order valence-corrected chi connectivity index (χ4v) is 9.08. The lowest BCUT2D eigenvalue weighted by Crippen LogP contribution is -2.17. The van der Waals surface area contributed by atoms with E-state index in [1.807, 2.05) is 71.3 Å². The van der Waals surface area contributed by atoms with E-state index in [4.69, 9.17) is 20.9 Å². The maximum absolute atomic E-state index is 12.8. The van der Waals surface area contributed by atoms with E-state index >= 15 is 0 Å². The average Bonchev–Trinajstić information content (AvgIpc) is 3.76. The number of aryl methyl sites for hydroxylation is 1. The van der Waals surface area contributed by atoms with Gasteiger partial charge < -0.3 is 5.11 Å². The first-order chi connectivity index (χ1) is 35.8. The highest BCUT2D eigenvalue weighted by molar-refractivity contribution is 5.98. The summed E-state index contributed by atoms with van der Waals surface area (Å²) in [5.41, 5.74) is 11.5. The fraction of sp³-hybridized carbons (Fsp3) is 0.262. The molecule has 7 aromatic carbocycles. The Morgan fingerprint density at radius 2 is 1.14 bits per heavy atom. The van der Waals surface area contributed by atoms with Crippen molar-refractivity contribution in [3.63, 3.8) is 0 Å². The average molecular weight is 914 g/mol. The van der Waals surface area contributed by atoms with Crippen LogP contribution >= 0.6 is 0 Å². The van der Waals surface area contributed by atoms with Crippen LogP contribution in [0.15, 0.2) is 164 Å². The van der Waals surface area contributed by atoms with E-state index in [0.717, 1.165) is 55.6 Å². The molecule has 2 aromatic heterocycles. The summed E-state index contributed by atoms with van der Waals surface area (Å²) in [5, 5.41) is 12.8. The number of imidazole rings is 1. The van der Waals surface area contributed by atoms with Crippen molar-refractivity contribution < 1.29 is 16.1 Å². The van der Waals surface area contributed by atoms with E-state index in [2.05, 4.69) is 126 Å². The lowest BCUT2D eigenvalue weighted by atomic mass is 9.79. The van der Waals surface area contributed by atoms with Crippen LogP contribution in [0.4, 0.5) is 0 Å². The van der Waals surface area contributed by atoms with E-state index < -0.39 is 30.4 Å². The summed E-state index contributed by atoms with van der Waals surface area (Å²) in [5.74, 6) is 0.511. The SMILES string of the molecule is [2H]c1c([2H])c([2H])c(-c2ccnc(-c3cc(-c4cccc5c4nc(-c4cc(C(C)(C)C)cc(C(C)(C)C)c4O)n5-c4cc(C([2H])([2H])[2H])c(-c5ccccc5)cc4-c4ccc(C(C)(C)C)cc4)cc(C(C)(C)C)c3)c2)c([2H])c1[2H]. The summed E-state index contributed by atoms with van der Waals surface area (Å²) in [6, 6.07) is 39.8. The molecule has 0 aliphatic rings. The van der Waals surface area contributed by atoms with Crippen molar-refractivity contribution in [3.05, 3.63) is 192 Å². The van der Waals surface area contributed by atoms with Gasteiger partial charge in [-0.05, 0) is 133 Å². The van der Waals surface area contributed by atoms with Crippen LogP contribution in [0.3, 0.4) is 0 Å². The van der Waals surface area contributed by atoms with Crippen molar-refractivity contribution in [2.75, 3.05) is 0 Å². The van der Waals surface area contributed by atoms with Crippen molar-refractivity contribution in [1.82, 2.24) is 14.5 Å². The van der Waals surface area contributed by atoms with E-state index in [1.54, 1.807) is 24.4 Å². The Balaban J connectivity index is 1.41. The van der Waals surface area contributed by atoms with Crippen LogP contribution in [0.25, 0.3) is 83.9 Å². The summed E-state index contributed by atoms with van der Waals surface area (Å²) in [7, 11) is 0. The van der Waals surface area contributed by atoms with Gasteiger partial charge in [-0.3, -0.25) is 9.55 Å². The molecule has 0 fully saturated rings. The molecule has 0 atom stereocenters. The van der Waals surface area contributed by atoms with Gasteiger partial charge in [-0.25, -0.2) is 4.98 Å². The molecule has 0 saturated heterocycles. The second-order valence-corrected chi connectivity index (χ2v) is 22.5. The number of phenols is 1. The monoisotopic (exact) mass is 914 g/mol. The van der Waals surface area contributed by atoms with Gasteiger partial charge >= 0.3 is 0 Å². The van der Waals surface area contributed by atoms with Gasteiger partial charge in [-0.2, -0.15) is 0 Å². The van der Waals surface area contributed by atoms with E-state index in [0.29, 0.717) is 44.9 Å². The predicted molar refractivity (Wildman–Crippen MR) is 293 cm³/mol. The molecule has 0 spiro atoms. The molecule has 1 N–H and O–H groups in total. The number of pyridine rings is 1. The quantitative estimate of drug-likeness (QED) is 0.173. The minimum Gasteiger partial charge on any atom is -0.507 e. The molecule has 0 amide bonds. The number of rotatable bonds is 7. The van der Waals surface area contributed by atoms with Crippen LogP contribution in [-0.4, -0.2) is 19.6 Å². The van der Waals surface area contributed by atoms with Crippen LogP contribution in [0.5, 0.6) is 5.75 Å². The summed E-state index contributed by atoms with van der Waals surface area (Å²) in [6.45, 7) is 23.1. The number of fused-ring (bicyclic) bond motifs is 1. The highest BCUT2D eigenvalue weighted by atomic mass is 16.3. The lowest BCUT2D eigenvalue weighted by molar-refractivity contribution is 0.446. The number of nitrogens with zero attached hydrogens (tertiary/aromatic N) is 3. The summed E-state index contributed by atoms with van der Waals surface area (Å²) >= 11 is 0. The van der Waals surface area contributed by atoms with Gasteiger partial charge in [0.15, 0.2) is 0 Å². The van der Waals surface area contributed by atoms with Gasteiger partial charge in [0.2, 0.25) is 0 Å². The Kier molecular flexibility index (Phi) is 9.60. The largest absolute Gasteiger partial charge is 0.507 e. The number of aromatic nitrogens is 3. The number of para-hydroxylation sites is 1. The van der Waals surface area contributed by atoms with Gasteiger partial charge in [0, 0.05) is 32.6 Å². The van der Waals surface area contributed by atoms with Crippen molar-refractivity contribution in [3.8, 4) is 78.6 Å². The molecule has 0 aliphatic carbocycles. The summed E-state index contributed by atoms with van der Waals surface area (Å²) in [6.07, 6.45) is 1.60. The predicted octanol–water partition coefficient (Wildman–Crippen LogP) is 17.6. The first kappa shape index (κ1) is 37.9. The minimum absolute atomic E-state index is 0.0822. The van der Waals surface area contributed by atoms with Crippen molar-refractivity contribution >= 4 is 11.0 Å². The molecule has 0 radical (unpaired) electrons. The zero-order valence-electron chi connectivity index (χ0n) is 50.0. The molecule has 69 heavy (non-hydrogen) atoms. The molecule has 348 valence electrons. The highest BCUT2D eigenvalue weighted by Crippen LogP contribution is 2.47. The van der Waals surface area contributed by atoms with Crippen molar-refractivity contribution in [1.29, 1.82) is 0 Å². The molecule has 2 heterocycles. The van der Waals surface area contributed by atoms with Gasteiger partial charge in [0.25, 0.3) is 0 Å². The smallest absolute Gasteiger partial charge is 0.149 e. The molecule has 9 aromatic rings. The number of hydrogen-bond donors (Lipinski definition) is 1. The number of aromatic hydroxyl groups is 1. The normalized spacial score (nSPS) is 14.3. The van der Waals surface area contributed by atoms with Crippen molar-refractivity contribution in [2.24, 2.45) is 0 Å². The first-order valence-corrected chi connectivity index (χ1v) is 23.8. The van der Waals surface area contributed by atoms with Gasteiger partial charge in [-0.1, -0.05) is 192 Å². The zero-order chi connectivity index (χ0) is 56.1. The fourth-order valence-electron chi connectivity index (χ4n) is 9.08. The van der Waals surface area contributed by atoms with Crippen LogP contribution in [-0.2, 0) is 21.7 Å². The molecule has 4 heteroatoms. The Bertz CT molecular complexity index is 3740. The zero-order valence-corrected chi connectivity index (χ0v) is 42.0. The topological polar surface area (TPSA) is 50.9 Å². The number of hydrogen-bond acceptors (Lipinski definition) is 3. The molecular formula is C65H67N3O. The Morgan fingerprint density at radius 3 is 1.80 bits per heavy atom. The molecule has 4 nitrogen and oxygen atoms in total. The first-order valence-electron chi connectivity index (χ1n) is 27.8. The molecule has 0 unspecified atom stereocenters. The minimum atomic E-state index is -2.54. The molecule has 0 saturated carbocycles. The standard InChI is InChI=1S/C65H67N3O/c1-41-33-58(53(40-52(41)43-23-18-15-19-24-43)44-27-29-48(30-28-44)62(2,3)4)68-57-26-20-25-51(59(57)67-61(68)54-38-50(64(8,9)10)39-55(60(54)69)65(11,12)13)46-34-47(36-49(35-46)63(5,6)7)56-37-45(31-32-66-56)42-21-16-14-17-22-42/h14-40,69H,1-13H3/i1D3,14D,16D,17D,21D,22D. The van der Waals surface area contributed by atoms with Gasteiger partial charge in [0.1, 0.15) is 11.6 Å². The van der Waals surface area contributed by atoms with Crippen LogP contribution < -0.4 is 0 Å². The van der Waals surface area contributed by atoms with Gasteiger partial charge in [-0.15, -0.1) is 0 Å². The van der Waals surface area contributed by atoms with E-state index in [-0.39, 0.29) is 45.2 Å². The number of benzene rings is 7. The molecule has 0 bridgehead atoms. The molecular weight excluding hydrogens is 839 g/mol. The third-order valence-corrected chi connectivity index (χ3v) is 13.2. The van der Waals surface area contributed by atoms with E-state index in [9.17, 15) is 5.11 Å². The Morgan fingerprint density at radius 1 is 0.493 bits per heavy atom. The van der Waals surface area contributed by atoms with Crippen molar-refractivity contribution in [2.45, 2.75) is 112 Å². The summed E-state index contributed by atoms with van der Waals surface area (Å²) < 4.78 is 71.9. The highest BCUT2D eigenvalue weighted by Gasteiger charge is 2.30. The summed E-state index contributed by atoms with van der Waals surface area (Å²) in [4.78, 5) is 10.4. The Labute approximate surface area is 422 Å². The molecule has 0 aliphatic heterocycles. The Hall–Kier alpha value is -7.04. The lowest BCUT2D eigenvalue weighted by Gasteiger charge is -2.28. The second kappa shape index (κ2) is 17.5. The third-order valence-electron chi connectivity index (χ3n) is 13.2. The van der Waals surface area contributed by atoms with Crippen LogP contribution in [0, 0.1) is 6.85 Å². The van der Waals surface area contributed by atoms with Crippen LogP contribution in [0.1, 0.15) is 122 Å². The third kappa shape index (κ3) is 9.30. The van der Waals surface area contributed by atoms with Crippen LogP contribution in [0.2, 0.25) is 0 Å². The second-order valence-electron chi connectivity index (χ2n) is 22.5. The maximum Gasteiger partial charge on any atom is 0.149 e. The van der Waals surface area contributed by atoms with Gasteiger partial charge in [0.05, 0.1) is 34.8 Å². The number of phenolic OH excluding ortho intramolecular Hbond substituents is 1. The maximum atomic E-state index is 12.8. The molecule has 9 rings (SSSR count).